The van der Waals surface area contributed by atoms with E-state index < -0.39 is 0 Å². The molecular formula is C18H24Cl2N2O. The number of carbonyl (C=O) groups is 1. The third-order valence-corrected chi connectivity index (χ3v) is 5.86. The van der Waals surface area contributed by atoms with Crippen LogP contribution in [0.15, 0.2) is 18.2 Å². The summed E-state index contributed by atoms with van der Waals surface area (Å²) in [6.07, 6.45) is 6.28. The fraction of sp³-hybridized carbons (Fsp3) is 0.611. The van der Waals surface area contributed by atoms with Crippen LogP contribution in [0, 0.1) is 17.8 Å². The van der Waals surface area contributed by atoms with Crippen molar-refractivity contribution in [2.24, 2.45) is 23.5 Å². The number of amides is 1. The van der Waals surface area contributed by atoms with Crippen molar-refractivity contribution < 1.29 is 4.79 Å². The molecule has 2 atom stereocenters. The average molecular weight is 355 g/mol. The molecule has 3 N–H and O–H groups in total. The minimum Gasteiger partial charge on any atom is -0.356 e. The van der Waals surface area contributed by atoms with Gasteiger partial charge in [0.05, 0.1) is 0 Å². The number of nitrogens with one attached hydrogen (secondary N) is 1. The molecule has 23 heavy (non-hydrogen) atoms. The molecule has 0 saturated heterocycles. The zero-order valence-corrected chi connectivity index (χ0v) is 14.7. The number of benzene rings is 1. The summed E-state index contributed by atoms with van der Waals surface area (Å²) in [6, 6.07) is 5.81. The van der Waals surface area contributed by atoms with Crippen LogP contribution >= 0.6 is 23.2 Å². The first kappa shape index (κ1) is 17.1. The van der Waals surface area contributed by atoms with Crippen molar-refractivity contribution in [1.29, 1.82) is 0 Å². The lowest BCUT2D eigenvalue weighted by molar-refractivity contribution is -0.127. The van der Waals surface area contributed by atoms with Crippen molar-refractivity contribution in [2.75, 3.05) is 6.54 Å². The van der Waals surface area contributed by atoms with Gasteiger partial charge in [0, 0.05) is 28.5 Å². The summed E-state index contributed by atoms with van der Waals surface area (Å²) in [5, 5.41) is 4.34. The molecule has 2 aliphatic carbocycles. The molecule has 1 aromatic carbocycles. The number of fused-ring (bicyclic) bond motifs is 2. The SMILES string of the molecule is NC1C2CCCC1CC(C(=O)NCCc1cc(Cl)cc(Cl)c1)C2. The highest BCUT2D eigenvalue weighted by molar-refractivity contribution is 6.34. The molecule has 2 aliphatic rings. The van der Waals surface area contributed by atoms with E-state index in [2.05, 4.69) is 5.32 Å². The number of nitrogens with two attached hydrogens (primary N) is 1. The van der Waals surface area contributed by atoms with E-state index in [0.717, 1.165) is 24.8 Å². The van der Waals surface area contributed by atoms with Gasteiger partial charge in [-0.1, -0.05) is 29.6 Å². The van der Waals surface area contributed by atoms with Gasteiger partial charge in [-0.2, -0.15) is 0 Å². The summed E-state index contributed by atoms with van der Waals surface area (Å²) in [5.74, 6) is 1.38. The number of carbonyl (C=O) groups excluding carboxylic acids is 1. The van der Waals surface area contributed by atoms with Crippen LogP contribution in [-0.2, 0) is 11.2 Å². The van der Waals surface area contributed by atoms with Gasteiger partial charge < -0.3 is 11.1 Å². The van der Waals surface area contributed by atoms with Crippen molar-refractivity contribution in [3.63, 3.8) is 0 Å². The highest BCUT2D eigenvalue weighted by Crippen LogP contribution is 2.41. The first-order valence-electron chi connectivity index (χ1n) is 8.51. The number of hydrogen-bond donors (Lipinski definition) is 2. The van der Waals surface area contributed by atoms with Crippen molar-refractivity contribution in [3.8, 4) is 0 Å². The van der Waals surface area contributed by atoms with Crippen LogP contribution in [0.4, 0.5) is 0 Å². The van der Waals surface area contributed by atoms with Gasteiger partial charge in [-0.15, -0.1) is 0 Å². The van der Waals surface area contributed by atoms with Crippen LogP contribution in [-0.4, -0.2) is 18.5 Å². The largest absolute Gasteiger partial charge is 0.356 e. The Labute approximate surface area is 147 Å². The standard InChI is InChI=1S/C18H24Cl2N2O/c19-15-6-11(7-16(20)10-15)4-5-22-18(23)14-8-12-2-1-3-13(9-14)17(12)21/h6-7,10,12-14,17H,1-5,8-9,21H2,(H,22,23). The van der Waals surface area contributed by atoms with Gasteiger partial charge in [-0.3, -0.25) is 4.79 Å². The molecule has 3 nitrogen and oxygen atoms in total. The van der Waals surface area contributed by atoms with Crippen LogP contribution in [0.5, 0.6) is 0 Å². The van der Waals surface area contributed by atoms with Crippen molar-refractivity contribution in [1.82, 2.24) is 5.32 Å². The lowest BCUT2D eigenvalue weighted by atomic mass is 9.65. The number of hydrogen-bond acceptors (Lipinski definition) is 2. The third-order valence-electron chi connectivity index (χ3n) is 5.42. The molecule has 2 fully saturated rings. The molecule has 0 aliphatic heterocycles. The molecule has 0 radical (unpaired) electrons. The maximum absolute atomic E-state index is 12.5. The predicted octanol–water partition coefficient (Wildman–Crippen LogP) is 3.81. The maximum atomic E-state index is 12.5. The molecule has 0 aromatic heterocycles. The Morgan fingerprint density at radius 2 is 1.74 bits per heavy atom. The molecule has 1 amide bonds. The normalized spacial score (nSPS) is 30.0. The van der Waals surface area contributed by atoms with Crippen molar-refractivity contribution in [2.45, 2.75) is 44.6 Å². The molecule has 5 heteroatoms. The predicted molar refractivity (Wildman–Crippen MR) is 94.7 cm³/mol. The van der Waals surface area contributed by atoms with Crippen LogP contribution in [0.25, 0.3) is 0 Å². The molecule has 126 valence electrons. The van der Waals surface area contributed by atoms with E-state index in [1.165, 1.54) is 19.3 Å². The summed E-state index contributed by atoms with van der Waals surface area (Å²) in [4.78, 5) is 12.5. The van der Waals surface area contributed by atoms with Gasteiger partial charge in [0.2, 0.25) is 5.91 Å². The molecule has 2 unspecified atom stereocenters. The molecular weight excluding hydrogens is 331 g/mol. The van der Waals surface area contributed by atoms with E-state index in [1.807, 2.05) is 12.1 Å². The average Bonchev–Trinajstić information content (AvgIpc) is 2.45. The molecule has 1 aromatic rings. The van der Waals surface area contributed by atoms with Crippen molar-refractivity contribution in [3.05, 3.63) is 33.8 Å². The van der Waals surface area contributed by atoms with E-state index in [9.17, 15) is 4.79 Å². The van der Waals surface area contributed by atoms with Gasteiger partial charge in [0.25, 0.3) is 0 Å². The Hall–Kier alpha value is -0.770. The quantitative estimate of drug-likeness (QED) is 0.863. The monoisotopic (exact) mass is 354 g/mol. The second-order valence-electron chi connectivity index (χ2n) is 7.02. The van der Waals surface area contributed by atoms with E-state index >= 15 is 0 Å². The smallest absolute Gasteiger partial charge is 0.223 e. The Balaban J connectivity index is 1.50. The summed E-state index contributed by atoms with van der Waals surface area (Å²) < 4.78 is 0. The van der Waals surface area contributed by atoms with Crippen LogP contribution in [0.2, 0.25) is 10.0 Å². The highest BCUT2D eigenvalue weighted by Gasteiger charge is 2.40. The van der Waals surface area contributed by atoms with Crippen LogP contribution < -0.4 is 11.1 Å². The van der Waals surface area contributed by atoms with E-state index in [0.29, 0.717) is 34.5 Å². The topological polar surface area (TPSA) is 55.1 Å². The lowest BCUT2D eigenvalue weighted by Crippen LogP contribution is -2.49. The van der Waals surface area contributed by atoms with Gasteiger partial charge in [0.1, 0.15) is 0 Å². The molecule has 0 spiro atoms. The van der Waals surface area contributed by atoms with Crippen molar-refractivity contribution >= 4 is 29.1 Å². The minimum atomic E-state index is 0.132. The molecule has 2 bridgehead atoms. The number of rotatable bonds is 4. The zero-order valence-electron chi connectivity index (χ0n) is 13.2. The summed E-state index contributed by atoms with van der Waals surface area (Å²) in [7, 11) is 0. The molecule has 0 heterocycles. The lowest BCUT2D eigenvalue weighted by Gasteiger charge is -2.43. The fourth-order valence-corrected chi connectivity index (χ4v) is 4.80. The third kappa shape index (κ3) is 4.20. The highest BCUT2D eigenvalue weighted by atomic mass is 35.5. The second kappa shape index (κ2) is 7.42. The fourth-order valence-electron chi connectivity index (χ4n) is 4.23. The minimum absolute atomic E-state index is 0.132. The molecule has 2 saturated carbocycles. The van der Waals surface area contributed by atoms with E-state index in [-0.39, 0.29) is 11.8 Å². The first-order chi connectivity index (χ1) is 11.0. The first-order valence-corrected chi connectivity index (χ1v) is 9.27. The second-order valence-corrected chi connectivity index (χ2v) is 7.89. The Morgan fingerprint density at radius 1 is 1.13 bits per heavy atom. The van der Waals surface area contributed by atoms with Gasteiger partial charge in [-0.25, -0.2) is 0 Å². The van der Waals surface area contributed by atoms with Gasteiger partial charge >= 0.3 is 0 Å². The van der Waals surface area contributed by atoms with E-state index in [1.54, 1.807) is 6.07 Å². The Kier molecular flexibility index (Phi) is 5.50. The Morgan fingerprint density at radius 3 is 2.35 bits per heavy atom. The number of halogens is 2. The van der Waals surface area contributed by atoms with Crippen LogP contribution in [0.1, 0.15) is 37.7 Å². The van der Waals surface area contributed by atoms with Crippen LogP contribution in [0.3, 0.4) is 0 Å². The van der Waals surface area contributed by atoms with E-state index in [4.69, 9.17) is 28.9 Å². The van der Waals surface area contributed by atoms with Gasteiger partial charge in [0.15, 0.2) is 0 Å². The summed E-state index contributed by atoms with van der Waals surface area (Å²) in [6.45, 7) is 0.618. The van der Waals surface area contributed by atoms with Gasteiger partial charge in [-0.05, 0) is 67.7 Å². The maximum Gasteiger partial charge on any atom is 0.223 e. The Bertz CT molecular complexity index is 544. The summed E-state index contributed by atoms with van der Waals surface area (Å²) >= 11 is 12.0. The zero-order chi connectivity index (χ0) is 16.4. The molecule has 3 rings (SSSR count). The summed E-state index contributed by atoms with van der Waals surface area (Å²) in [5.41, 5.74) is 7.34.